The van der Waals surface area contributed by atoms with Gasteiger partial charge in [-0.2, -0.15) is 0 Å². The van der Waals surface area contributed by atoms with E-state index in [1.54, 1.807) is 0 Å². The second kappa shape index (κ2) is 7.35. The van der Waals surface area contributed by atoms with Crippen LogP contribution in [0.5, 0.6) is 0 Å². The third kappa shape index (κ3) is 4.33. The molecule has 0 atom stereocenters. The maximum Gasteiger partial charge on any atom is 0.235 e. The fourth-order valence-electron chi connectivity index (χ4n) is 3.39. The molecule has 1 amide bonds. The predicted molar refractivity (Wildman–Crippen MR) is 110 cm³/mol. The summed E-state index contributed by atoms with van der Waals surface area (Å²) in [6.45, 7) is 6.67. The minimum absolute atomic E-state index is 0.0700. The lowest BCUT2D eigenvalue weighted by Gasteiger charge is -2.23. The normalized spacial score (nSPS) is 14.1. The summed E-state index contributed by atoms with van der Waals surface area (Å²) in [5.74, 6) is -0.493. The van der Waals surface area contributed by atoms with Crippen LogP contribution in [-0.2, 0) is 26.7 Å². The number of carbonyl (C=O) groups is 1. The first-order valence-electron chi connectivity index (χ1n) is 9.16. The molecule has 0 saturated carbocycles. The summed E-state index contributed by atoms with van der Waals surface area (Å²) >= 11 is 0. The van der Waals surface area contributed by atoms with Crippen molar-refractivity contribution in [2.24, 2.45) is 0 Å². The van der Waals surface area contributed by atoms with Crippen molar-refractivity contribution in [1.82, 2.24) is 0 Å². The Hall–Kier alpha value is -2.34. The van der Waals surface area contributed by atoms with Crippen molar-refractivity contribution < 1.29 is 13.2 Å². The maximum atomic E-state index is 12.7. The summed E-state index contributed by atoms with van der Waals surface area (Å²) in [4.78, 5) is 12.4. The van der Waals surface area contributed by atoms with Crippen LogP contribution >= 0.6 is 0 Å². The smallest absolute Gasteiger partial charge is 0.235 e. The number of sulfonamides is 1. The van der Waals surface area contributed by atoms with E-state index in [4.69, 9.17) is 0 Å². The van der Waals surface area contributed by atoms with Crippen molar-refractivity contribution in [2.45, 2.75) is 39.0 Å². The molecule has 5 nitrogen and oxygen atoms in total. The van der Waals surface area contributed by atoms with Gasteiger partial charge in [0.15, 0.2) is 0 Å². The summed E-state index contributed by atoms with van der Waals surface area (Å²) in [7, 11) is -3.53. The standard InChI is InChI=1S/C21H26N2O3S/c1-21(2,3)17-9-5-6-10-18(17)22-20(24)13-15-27(25,26)23-14-12-16-8-4-7-11-19(16)23/h4-11H,12-15H2,1-3H3,(H,22,24). The highest BCUT2D eigenvalue weighted by Crippen LogP contribution is 2.31. The number of hydrogen-bond donors (Lipinski definition) is 1. The molecule has 1 aliphatic rings. The van der Waals surface area contributed by atoms with Gasteiger partial charge in [-0.1, -0.05) is 57.2 Å². The van der Waals surface area contributed by atoms with Crippen molar-refractivity contribution in [1.29, 1.82) is 0 Å². The van der Waals surface area contributed by atoms with E-state index >= 15 is 0 Å². The quantitative estimate of drug-likeness (QED) is 0.852. The van der Waals surface area contributed by atoms with Crippen LogP contribution in [0.1, 0.15) is 38.3 Å². The minimum Gasteiger partial charge on any atom is -0.326 e. The molecule has 3 rings (SSSR count). The van der Waals surface area contributed by atoms with Gasteiger partial charge in [-0.05, 0) is 35.1 Å². The van der Waals surface area contributed by atoms with Gasteiger partial charge in [0.2, 0.25) is 15.9 Å². The van der Waals surface area contributed by atoms with Gasteiger partial charge in [-0.25, -0.2) is 8.42 Å². The van der Waals surface area contributed by atoms with Gasteiger partial charge in [-0.15, -0.1) is 0 Å². The Labute approximate surface area is 161 Å². The summed E-state index contributed by atoms with van der Waals surface area (Å²) < 4.78 is 26.9. The van der Waals surface area contributed by atoms with E-state index in [1.165, 1.54) is 4.31 Å². The molecule has 0 spiro atoms. The van der Waals surface area contributed by atoms with Crippen LogP contribution in [0, 0.1) is 0 Å². The molecule has 1 heterocycles. The average Bonchev–Trinajstić information content (AvgIpc) is 3.05. The summed E-state index contributed by atoms with van der Waals surface area (Å²) in [6.07, 6.45) is 0.639. The largest absolute Gasteiger partial charge is 0.326 e. The molecule has 2 aromatic carbocycles. The first kappa shape index (κ1) is 19.4. The third-order valence-electron chi connectivity index (χ3n) is 4.78. The van der Waals surface area contributed by atoms with Crippen LogP contribution < -0.4 is 9.62 Å². The van der Waals surface area contributed by atoms with Crippen LogP contribution in [0.2, 0.25) is 0 Å². The first-order valence-corrected chi connectivity index (χ1v) is 10.8. The molecule has 1 N–H and O–H groups in total. The van der Waals surface area contributed by atoms with Crippen molar-refractivity contribution in [3.05, 3.63) is 59.7 Å². The molecule has 0 saturated heterocycles. The minimum atomic E-state index is -3.53. The molecule has 0 unspecified atom stereocenters. The van der Waals surface area contributed by atoms with Gasteiger partial charge in [0.05, 0.1) is 11.4 Å². The van der Waals surface area contributed by atoms with E-state index in [0.29, 0.717) is 13.0 Å². The van der Waals surface area contributed by atoms with Crippen LogP contribution in [0.25, 0.3) is 0 Å². The Morgan fingerprint density at radius 3 is 2.48 bits per heavy atom. The zero-order chi connectivity index (χ0) is 19.7. The number of fused-ring (bicyclic) bond motifs is 1. The molecule has 0 aromatic heterocycles. The Morgan fingerprint density at radius 2 is 1.74 bits per heavy atom. The number of nitrogens with one attached hydrogen (secondary N) is 1. The third-order valence-corrected chi connectivity index (χ3v) is 6.55. The summed E-state index contributed by atoms with van der Waals surface area (Å²) in [5, 5.41) is 2.88. The van der Waals surface area contributed by atoms with Crippen LogP contribution in [0.4, 0.5) is 11.4 Å². The first-order chi connectivity index (χ1) is 12.7. The van der Waals surface area contributed by atoms with E-state index in [1.807, 2.05) is 48.5 Å². The van der Waals surface area contributed by atoms with E-state index in [-0.39, 0.29) is 23.5 Å². The second-order valence-electron chi connectivity index (χ2n) is 7.86. The fourth-order valence-corrected chi connectivity index (χ4v) is 4.90. The molecule has 27 heavy (non-hydrogen) atoms. The predicted octanol–water partition coefficient (Wildman–Crippen LogP) is 3.71. The lowest BCUT2D eigenvalue weighted by Crippen LogP contribution is -2.33. The number of amides is 1. The maximum absolute atomic E-state index is 12.7. The molecule has 2 aromatic rings. The summed E-state index contributed by atoms with van der Waals surface area (Å²) in [5.41, 5.74) is 3.41. The number of rotatable bonds is 5. The number of nitrogens with zero attached hydrogens (tertiary/aromatic N) is 1. The molecule has 1 aliphatic heterocycles. The zero-order valence-corrected chi connectivity index (χ0v) is 16.8. The van der Waals surface area contributed by atoms with Crippen LogP contribution in [-0.4, -0.2) is 26.6 Å². The topological polar surface area (TPSA) is 66.5 Å². The Morgan fingerprint density at radius 1 is 1.07 bits per heavy atom. The fraction of sp³-hybridized carbons (Fsp3) is 0.381. The monoisotopic (exact) mass is 386 g/mol. The Balaban J connectivity index is 1.67. The van der Waals surface area contributed by atoms with Crippen LogP contribution in [0.15, 0.2) is 48.5 Å². The van der Waals surface area contributed by atoms with Gasteiger partial charge in [-0.3, -0.25) is 9.10 Å². The molecule has 0 bridgehead atoms. The number of carbonyl (C=O) groups excluding carboxylic acids is 1. The second-order valence-corrected chi connectivity index (χ2v) is 9.87. The van der Waals surface area contributed by atoms with Crippen molar-refractivity contribution in [3.63, 3.8) is 0 Å². The molecule has 6 heteroatoms. The van der Waals surface area contributed by atoms with Crippen LogP contribution in [0.3, 0.4) is 0 Å². The Bertz CT molecular complexity index is 946. The number of anilines is 2. The zero-order valence-electron chi connectivity index (χ0n) is 16.0. The van der Waals surface area contributed by atoms with E-state index < -0.39 is 10.0 Å². The van der Waals surface area contributed by atoms with Gasteiger partial charge >= 0.3 is 0 Å². The summed E-state index contributed by atoms with van der Waals surface area (Å²) in [6, 6.07) is 15.1. The van der Waals surface area contributed by atoms with Crippen molar-refractivity contribution in [3.8, 4) is 0 Å². The van der Waals surface area contributed by atoms with Gasteiger partial charge < -0.3 is 5.32 Å². The SMILES string of the molecule is CC(C)(C)c1ccccc1NC(=O)CCS(=O)(=O)N1CCc2ccccc21. The van der Waals surface area contributed by atoms with Gasteiger partial charge in [0, 0.05) is 18.7 Å². The van der Waals surface area contributed by atoms with Gasteiger partial charge in [0.25, 0.3) is 0 Å². The van der Waals surface area contributed by atoms with Crippen molar-refractivity contribution in [2.75, 3.05) is 21.9 Å². The molecular formula is C21H26N2O3S. The number of hydrogen-bond acceptors (Lipinski definition) is 3. The molecular weight excluding hydrogens is 360 g/mol. The molecule has 0 aliphatic carbocycles. The lowest BCUT2D eigenvalue weighted by molar-refractivity contribution is -0.115. The highest BCUT2D eigenvalue weighted by atomic mass is 32.2. The number of para-hydroxylation sites is 2. The number of benzene rings is 2. The Kier molecular flexibility index (Phi) is 5.29. The van der Waals surface area contributed by atoms with E-state index in [9.17, 15) is 13.2 Å². The molecule has 0 fully saturated rings. The van der Waals surface area contributed by atoms with E-state index in [0.717, 1.165) is 22.5 Å². The molecule has 0 radical (unpaired) electrons. The average molecular weight is 387 g/mol. The van der Waals surface area contributed by atoms with Crippen molar-refractivity contribution >= 4 is 27.3 Å². The highest BCUT2D eigenvalue weighted by molar-refractivity contribution is 7.92. The molecule has 144 valence electrons. The van der Waals surface area contributed by atoms with E-state index in [2.05, 4.69) is 26.1 Å². The lowest BCUT2D eigenvalue weighted by atomic mass is 9.86. The van der Waals surface area contributed by atoms with Gasteiger partial charge in [0.1, 0.15) is 0 Å². The highest BCUT2D eigenvalue weighted by Gasteiger charge is 2.29.